The highest BCUT2D eigenvalue weighted by molar-refractivity contribution is 7.94. The minimum atomic E-state index is -3.77. The van der Waals surface area contributed by atoms with Gasteiger partial charge in [0.25, 0.3) is 10.0 Å². The van der Waals surface area contributed by atoms with Crippen LogP contribution in [-0.4, -0.2) is 23.4 Å². The van der Waals surface area contributed by atoms with E-state index in [9.17, 15) is 8.42 Å². The smallest absolute Gasteiger partial charge is 0.273 e. The fraction of sp³-hybridized carbons (Fsp3) is 0. The number of benzene rings is 2. The highest BCUT2D eigenvalue weighted by atomic mass is 32.2. The summed E-state index contributed by atoms with van der Waals surface area (Å²) in [5.74, 6) is 0.757. The van der Waals surface area contributed by atoms with Gasteiger partial charge in [-0.2, -0.15) is 0 Å². The maximum absolute atomic E-state index is 12.7. The Morgan fingerprint density at radius 2 is 1.79 bits per heavy atom. The number of nitrogens with zero attached hydrogens (tertiary/aromatic N) is 3. The molecule has 0 spiro atoms. The molecule has 0 atom stereocenters. The Hall–Kier alpha value is -3.30. The van der Waals surface area contributed by atoms with Crippen LogP contribution in [-0.2, 0) is 10.0 Å². The van der Waals surface area contributed by atoms with Crippen LogP contribution >= 0.6 is 11.3 Å². The molecular weight excluding hydrogens is 396 g/mol. The molecule has 0 unspecified atom stereocenters. The SMILES string of the molecule is O=S(=O)(Nc1cccc(Oc2cnccn2)c1)c1cnc(-c2ccccc2)s1. The summed E-state index contributed by atoms with van der Waals surface area (Å²) in [6.07, 6.45) is 5.88. The summed E-state index contributed by atoms with van der Waals surface area (Å²) < 4.78 is 33.7. The molecule has 0 aliphatic carbocycles. The number of hydrogen-bond donors (Lipinski definition) is 1. The number of sulfonamides is 1. The lowest BCUT2D eigenvalue weighted by Gasteiger charge is -2.08. The van der Waals surface area contributed by atoms with Crippen LogP contribution in [0.3, 0.4) is 0 Å². The van der Waals surface area contributed by atoms with E-state index in [0.29, 0.717) is 22.3 Å². The molecule has 0 bridgehead atoms. The quantitative estimate of drug-likeness (QED) is 0.512. The molecular formula is C19H14N4O3S2. The fourth-order valence-corrected chi connectivity index (χ4v) is 4.57. The number of thiazole rings is 1. The lowest BCUT2D eigenvalue weighted by Crippen LogP contribution is -2.11. The predicted octanol–water partition coefficient (Wildman–Crippen LogP) is 4.19. The molecule has 1 N–H and O–H groups in total. The van der Waals surface area contributed by atoms with Crippen molar-refractivity contribution in [2.45, 2.75) is 4.21 Å². The molecule has 9 heteroatoms. The van der Waals surface area contributed by atoms with Crippen molar-refractivity contribution in [3.63, 3.8) is 0 Å². The van der Waals surface area contributed by atoms with Crippen molar-refractivity contribution in [3.05, 3.63) is 79.4 Å². The molecule has 2 heterocycles. The second-order valence-electron chi connectivity index (χ2n) is 5.63. The Morgan fingerprint density at radius 1 is 0.929 bits per heavy atom. The molecule has 0 amide bonds. The predicted molar refractivity (Wildman–Crippen MR) is 107 cm³/mol. The molecule has 0 aliphatic heterocycles. The van der Waals surface area contributed by atoms with Gasteiger partial charge in [-0.1, -0.05) is 36.4 Å². The molecule has 4 rings (SSSR count). The summed E-state index contributed by atoms with van der Waals surface area (Å²) >= 11 is 1.11. The maximum Gasteiger partial charge on any atom is 0.273 e. The second kappa shape index (κ2) is 7.75. The number of aromatic nitrogens is 3. The number of rotatable bonds is 6. The molecule has 2 aromatic heterocycles. The van der Waals surface area contributed by atoms with Gasteiger partial charge in [0.05, 0.1) is 18.1 Å². The van der Waals surface area contributed by atoms with Crippen molar-refractivity contribution in [2.24, 2.45) is 0 Å². The lowest BCUT2D eigenvalue weighted by molar-refractivity contribution is 0.460. The zero-order valence-corrected chi connectivity index (χ0v) is 16.0. The van der Waals surface area contributed by atoms with Crippen LogP contribution < -0.4 is 9.46 Å². The number of nitrogens with one attached hydrogen (secondary N) is 1. The maximum atomic E-state index is 12.7. The number of anilines is 1. The summed E-state index contributed by atoms with van der Waals surface area (Å²) in [7, 11) is -3.77. The van der Waals surface area contributed by atoms with Gasteiger partial charge in [-0.15, -0.1) is 11.3 Å². The molecule has 140 valence electrons. The van der Waals surface area contributed by atoms with Crippen molar-refractivity contribution in [1.29, 1.82) is 0 Å². The Kier molecular flexibility index (Phi) is 5.00. The molecule has 0 saturated heterocycles. The van der Waals surface area contributed by atoms with Crippen LogP contribution in [0.1, 0.15) is 0 Å². The average Bonchev–Trinajstić information content (AvgIpc) is 3.21. The molecule has 0 radical (unpaired) electrons. The van der Waals surface area contributed by atoms with Gasteiger partial charge in [0.2, 0.25) is 5.88 Å². The van der Waals surface area contributed by atoms with Crippen LogP contribution in [0, 0.1) is 0 Å². The van der Waals surface area contributed by atoms with E-state index in [1.165, 1.54) is 24.8 Å². The van der Waals surface area contributed by atoms with Crippen molar-refractivity contribution in [1.82, 2.24) is 15.0 Å². The van der Waals surface area contributed by atoms with Crippen LogP contribution in [0.2, 0.25) is 0 Å². The van der Waals surface area contributed by atoms with E-state index in [4.69, 9.17) is 4.74 Å². The third-order valence-electron chi connectivity index (χ3n) is 3.62. The van der Waals surface area contributed by atoms with Gasteiger partial charge in [-0.3, -0.25) is 9.71 Å². The summed E-state index contributed by atoms with van der Waals surface area (Å²) in [6, 6.07) is 16.0. The van der Waals surface area contributed by atoms with Gasteiger partial charge in [0, 0.05) is 24.0 Å². The summed E-state index contributed by atoms with van der Waals surface area (Å²) in [5.41, 5.74) is 1.24. The third-order valence-corrected chi connectivity index (χ3v) is 6.51. The monoisotopic (exact) mass is 410 g/mol. The van der Waals surface area contributed by atoms with Gasteiger partial charge in [0.1, 0.15) is 10.8 Å². The standard InChI is InChI=1S/C19H14N4O3S2/c24-28(25,18-13-22-19(27-18)14-5-2-1-3-6-14)23-15-7-4-8-16(11-15)26-17-12-20-9-10-21-17/h1-13,23H. The van der Waals surface area contributed by atoms with Crippen molar-refractivity contribution >= 4 is 27.0 Å². The molecule has 28 heavy (non-hydrogen) atoms. The largest absolute Gasteiger partial charge is 0.437 e. The van der Waals surface area contributed by atoms with Crippen molar-refractivity contribution in [3.8, 4) is 22.2 Å². The first-order valence-corrected chi connectivity index (χ1v) is 10.5. The minimum absolute atomic E-state index is 0.131. The highest BCUT2D eigenvalue weighted by Crippen LogP contribution is 2.30. The van der Waals surface area contributed by atoms with E-state index in [1.807, 2.05) is 30.3 Å². The van der Waals surface area contributed by atoms with Crippen LogP contribution in [0.5, 0.6) is 11.6 Å². The van der Waals surface area contributed by atoms with Crippen LogP contribution in [0.25, 0.3) is 10.6 Å². The Balaban J connectivity index is 1.54. The summed E-state index contributed by atoms with van der Waals surface area (Å²) in [5, 5.41) is 0.640. The van der Waals surface area contributed by atoms with Gasteiger partial charge in [0.15, 0.2) is 4.21 Å². The molecule has 0 aliphatic rings. The zero-order chi connectivity index (χ0) is 19.4. The van der Waals surface area contributed by atoms with Crippen molar-refractivity contribution in [2.75, 3.05) is 4.72 Å². The molecule has 0 saturated carbocycles. The summed E-state index contributed by atoms with van der Waals surface area (Å²) in [6.45, 7) is 0. The van der Waals surface area contributed by atoms with Crippen LogP contribution in [0.15, 0.2) is 83.6 Å². The lowest BCUT2D eigenvalue weighted by atomic mass is 10.2. The van der Waals surface area contributed by atoms with E-state index >= 15 is 0 Å². The Labute approximate surface area is 165 Å². The van der Waals surface area contributed by atoms with E-state index in [1.54, 1.807) is 24.3 Å². The molecule has 0 fully saturated rings. The van der Waals surface area contributed by atoms with E-state index in [2.05, 4.69) is 19.7 Å². The highest BCUT2D eigenvalue weighted by Gasteiger charge is 2.19. The van der Waals surface area contributed by atoms with Crippen LogP contribution in [0.4, 0.5) is 5.69 Å². The molecule has 7 nitrogen and oxygen atoms in total. The minimum Gasteiger partial charge on any atom is -0.437 e. The first-order valence-electron chi connectivity index (χ1n) is 8.18. The summed E-state index contributed by atoms with van der Waals surface area (Å²) in [4.78, 5) is 12.2. The molecule has 2 aromatic carbocycles. The van der Waals surface area contributed by atoms with Gasteiger partial charge in [-0.05, 0) is 12.1 Å². The van der Waals surface area contributed by atoms with Gasteiger partial charge >= 0.3 is 0 Å². The number of hydrogen-bond acceptors (Lipinski definition) is 7. The van der Waals surface area contributed by atoms with Gasteiger partial charge < -0.3 is 4.74 Å². The van der Waals surface area contributed by atoms with E-state index < -0.39 is 10.0 Å². The first kappa shape index (κ1) is 18.1. The van der Waals surface area contributed by atoms with E-state index in [0.717, 1.165) is 16.9 Å². The number of ether oxygens (including phenoxy) is 1. The average molecular weight is 410 g/mol. The Bertz CT molecular complexity index is 1180. The van der Waals surface area contributed by atoms with Crippen molar-refractivity contribution < 1.29 is 13.2 Å². The normalized spacial score (nSPS) is 11.1. The Morgan fingerprint density at radius 3 is 2.57 bits per heavy atom. The second-order valence-corrected chi connectivity index (χ2v) is 8.57. The van der Waals surface area contributed by atoms with Gasteiger partial charge in [-0.25, -0.2) is 18.4 Å². The first-order chi connectivity index (χ1) is 13.6. The fourth-order valence-electron chi connectivity index (χ4n) is 2.39. The topological polar surface area (TPSA) is 94.1 Å². The van der Waals surface area contributed by atoms with E-state index in [-0.39, 0.29) is 4.21 Å². The molecule has 4 aromatic rings. The zero-order valence-electron chi connectivity index (χ0n) is 14.4. The third kappa shape index (κ3) is 4.16.